The Morgan fingerprint density at radius 2 is 0.897 bits per heavy atom. The quantitative estimate of drug-likeness (QED) is 0.161. The number of nitrogens with zero attached hydrogens (tertiary/aromatic N) is 4. The Balaban J connectivity index is 1.15. The van der Waals surface area contributed by atoms with E-state index in [1.54, 1.807) is 12.1 Å². The number of thiophene rings is 2. The third-order valence-electron chi connectivity index (χ3n) is 12.0. The molecule has 0 N–H and O–H groups in total. The van der Waals surface area contributed by atoms with Crippen LogP contribution >= 0.6 is 22.7 Å². The van der Waals surface area contributed by atoms with Crippen LogP contribution in [0.4, 0.5) is 19.6 Å². The van der Waals surface area contributed by atoms with Gasteiger partial charge in [-0.15, -0.1) is 22.7 Å². The van der Waals surface area contributed by atoms with Gasteiger partial charge in [0, 0.05) is 23.7 Å². The molecule has 4 heterocycles. The van der Waals surface area contributed by atoms with E-state index in [9.17, 15) is 28.8 Å². The second-order valence-electron chi connectivity index (χ2n) is 15.4. The highest BCUT2D eigenvalue weighted by molar-refractivity contribution is 7.25. The van der Waals surface area contributed by atoms with Crippen molar-refractivity contribution in [1.29, 1.82) is 0 Å². The van der Waals surface area contributed by atoms with Crippen LogP contribution in [0.5, 0.6) is 0 Å². The molecule has 4 fully saturated rings. The van der Waals surface area contributed by atoms with Crippen molar-refractivity contribution in [2.75, 3.05) is 0 Å². The van der Waals surface area contributed by atoms with Gasteiger partial charge in [0.05, 0.1) is 31.5 Å². The predicted octanol–water partition coefficient (Wildman–Crippen LogP) is 9.30. The van der Waals surface area contributed by atoms with Gasteiger partial charge in [-0.3, -0.25) is 19.2 Å². The molecule has 6 aromatic rings. The van der Waals surface area contributed by atoms with Crippen molar-refractivity contribution < 1.29 is 38.2 Å². The molecular formula is C44H36N4O8S2. The van der Waals surface area contributed by atoms with E-state index in [4.69, 9.17) is 9.47 Å². The van der Waals surface area contributed by atoms with Crippen LogP contribution in [0.1, 0.15) is 62.5 Å². The first-order valence-electron chi connectivity index (χ1n) is 19.7. The molecule has 58 heavy (non-hydrogen) atoms. The number of rotatable bonds is 6. The fourth-order valence-corrected chi connectivity index (χ4v) is 11.4. The Hall–Kier alpha value is -5.86. The summed E-state index contributed by atoms with van der Waals surface area (Å²) in [5.74, 6) is -2.42. The summed E-state index contributed by atoms with van der Waals surface area (Å²) in [6, 6.07) is 21.7. The minimum Gasteiger partial charge on any atom is -0.444 e. The first-order valence-corrected chi connectivity index (χ1v) is 21.3. The molecule has 4 unspecified atom stereocenters. The molecule has 14 heteroatoms. The lowest BCUT2D eigenvalue weighted by Crippen LogP contribution is -2.21. The summed E-state index contributed by atoms with van der Waals surface area (Å²) in [4.78, 5) is 91.8. The van der Waals surface area contributed by atoms with E-state index in [2.05, 4.69) is 9.98 Å². The van der Waals surface area contributed by atoms with Gasteiger partial charge in [-0.1, -0.05) is 86.3 Å². The number of carbonyl (C=O) groups excluding carboxylic acids is 6. The molecule has 4 aliphatic carbocycles. The van der Waals surface area contributed by atoms with Crippen LogP contribution in [0.2, 0.25) is 0 Å². The highest BCUT2D eigenvalue weighted by atomic mass is 32.1. The van der Waals surface area contributed by atoms with Crippen molar-refractivity contribution in [2.24, 2.45) is 33.7 Å². The monoisotopic (exact) mass is 812 g/mol. The number of ketones is 4. The number of hydrogen-bond acceptors (Lipinski definition) is 12. The molecule has 0 spiro atoms. The number of carbonyl (C=O) groups is 6. The average molecular weight is 813 g/mol. The molecule has 0 amide bonds. The van der Waals surface area contributed by atoms with E-state index in [-0.39, 0.29) is 71.4 Å². The summed E-state index contributed by atoms with van der Waals surface area (Å²) < 4.78 is 15.5. The summed E-state index contributed by atoms with van der Waals surface area (Å²) >= 11 is 2.30. The Morgan fingerprint density at radius 3 is 1.24 bits per heavy atom. The summed E-state index contributed by atoms with van der Waals surface area (Å²) in [5, 5.41) is 0.653. The Bertz CT molecular complexity index is 2550. The average Bonchev–Trinajstić information content (AvgIpc) is 4.07. The molecule has 0 saturated heterocycles. The largest absolute Gasteiger partial charge is 0.444 e. The zero-order valence-corrected chi connectivity index (χ0v) is 32.8. The van der Waals surface area contributed by atoms with Crippen molar-refractivity contribution in [2.45, 2.75) is 64.6 Å². The number of hydrogen-bond donors (Lipinski definition) is 0. The number of fused-ring (bicyclic) bond motifs is 7. The maximum absolute atomic E-state index is 14.3. The Labute approximate surface area is 339 Å². The molecule has 12 nitrogen and oxygen atoms in total. The van der Waals surface area contributed by atoms with Crippen molar-refractivity contribution in [3.05, 3.63) is 83.9 Å². The van der Waals surface area contributed by atoms with Gasteiger partial charge < -0.3 is 9.47 Å². The van der Waals surface area contributed by atoms with Crippen molar-refractivity contribution in [3.8, 4) is 0 Å². The number of aliphatic imine (C=N–C) groups is 2. The molecule has 4 saturated carbocycles. The van der Waals surface area contributed by atoms with Gasteiger partial charge in [0.25, 0.3) is 0 Å². The molecule has 2 aromatic carbocycles. The molecule has 292 valence electrons. The third kappa shape index (κ3) is 5.99. The molecular weight excluding hydrogens is 777 g/mol. The predicted molar refractivity (Wildman–Crippen MR) is 220 cm³/mol. The van der Waals surface area contributed by atoms with Crippen LogP contribution in [-0.2, 0) is 41.9 Å². The van der Waals surface area contributed by atoms with Gasteiger partial charge in [0.2, 0.25) is 0 Å². The SMILES string of the molecule is O=C1C(=Nc2cc3c(s2)c2c(c4sc(N=C5C(=O)C6CCCCC6C5=O)cc4n2C(=O)OCc2ccccc2)n3C(=O)OCc2ccccc2)C(=O)C2CCCCC12. The van der Waals surface area contributed by atoms with E-state index in [0.29, 0.717) is 67.2 Å². The van der Waals surface area contributed by atoms with E-state index >= 15 is 0 Å². The Kier molecular flexibility index (Phi) is 9.12. The third-order valence-corrected chi connectivity index (χ3v) is 14.1. The smallest absolute Gasteiger partial charge is 0.419 e. The van der Waals surface area contributed by atoms with Gasteiger partial charge in [-0.05, 0) is 48.9 Å². The molecule has 10 rings (SSSR count). The van der Waals surface area contributed by atoms with Gasteiger partial charge in [-0.2, -0.15) is 0 Å². The van der Waals surface area contributed by atoms with Gasteiger partial charge in [0.15, 0.2) is 34.6 Å². The van der Waals surface area contributed by atoms with E-state index in [0.717, 1.165) is 59.5 Å². The lowest BCUT2D eigenvalue weighted by atomic mass is 9.81. The zero-order valence-electron chi connectivity index (χ0n) is 31.2. The van der Waals surface area contributed by atoms with Gasteiger partial charge in [0.1, 0.15) is 23.2 Å². The highest BCUT2D eigenvalue weighted by Gasteiger charge is 2.49. The van der Waals surface area contributed by atoms with E-state index in [1.165, 1.54) is 9.13 Å². The zero-order chi connectivity index (χ0) is 39.7. The van der Waals surface area contributed by atoms with Crippen LogP contribution in [0.15, 0.2) is 82.8 Å². The Morgan fingerprint density at radius 1 is 0.552 bits per heavy atom. The van der Waals surface area contributed by atoms with Crippen LogP contribution in [0.3, 0.4) is 0 Å². The maximum Gasteiger partial charge on any atom is 0.419 e. The first kappa shape index (κ1) is 36.5. The number of aromatic nitrogens is 2. The maximum atomic E-state index is 14.3. The first-order chi connectivity index (χ1) is 28.3. The number of Topliss-reactive ketones (excluding diaryl/α,β-unsaturated/α-hetero) is 4. The molecule has 0 aliphatic heterocycles. The standard InChI is InChI=1S/C44H36N4O8S2/c49-37-25-15-7-8-16-26(25)38(50)33(37)45-31-19-29-41(57-31)36-35(47(29)43(53)55-21-23-11-3-1-4-12-23)42-30(48(36)44(54)56-22-24-13-5-2-6-14-24)20-32(58-42)46-34-39(51)27-17-9-10-18-28(27)40(34)52/h1-6,11-14,19-20,25-28H,7-10,15-18,21-22H2. The summed E-state index contributed by atoms with van der Waals surface area (Å²) in [6.07, 6.45) is 4.72. The second kappa shape index (κ2) is 14.5. The van der Waals surface area contributed by atoms with E-state index in [1.807, 2.05) is 60.7 Å². The summed E-state index contributed by atoms with van der Waals surface area (Å²) in [7, 11) is 0. The molecule has 4 atom stereocenters. The highest BCUT2D eigenvalue weighted by Crippen LogP contribution is 2.48. The lowest BCUT2D eigenvalue weighted by Gasteiger charge is -2.20. The van der Waals surface area contributed by atoms with Crippen LogP contribution in [0.25, 0.3) is 31.5 Å². The molecule has 0 bridgehead atoms. The molecule has 4 aliphatic rings. The minimum absolute atomic E-state index is 0.0369. The molecule has 0 radical (unpaired) electrons. The minimum atomic E-state index is -0.733. The number of ether oxygens (including phenoxy) is 2. The fourth-order valence-electron chi connectivity index (χ4n) is 9.24. The van der Waals surface area contributed by atoms with Crippen molar-refractivity contribution in [1.82, 2.24) is 9.13 Å². The fraction of sp³-hybridized carbons (Fsp3) is 0.318. The summed E-state index contributed by atoms with van der Waals surface area (Å²) in [6.45, 7) is -0.0738. The van der Waals surface area contributed by atoms with Crippen LogP contribution in [0, 0.1) is 23.7 Å². The van der Waals surface area contributed by atoms with Crippen LogP contribution < -0.4 is 0 Å². The molecule has 4 aromatic heterocycles. The van der Waals surface area contributed by atoms with Crippen molar-refractivity contribution in [3.63, 3.8) is 0 Å². The second-order valence-corrected chi connectivity index (χ2v) is 17.5. The normalized spacial score (nSPS) is 21.9. The van der Waals surface area contributed by atoms with Crippen molar-refractivity contribution >= 4 is 111 Å². The van der Waals surface area contributed by atoms with Gasteiger partial charge >= 0.3 is 12.2 Å². The van der Waals surface area contributed by atoms with E-state index < -0.39 is 12.2 Å². The lowest BCUT2D eigenvalue weighted by molar-refractivity contribution is -0.120. The summed E-state index contributed by atoms with van der Waals surface area (Å²) in [5.41, 5.74) is 2.79. The number of benzene rings is 2. The van der Waals surface area contributed by atoms with Gasteiger partial charge in [-0.25, -0.2) is 28.7 Å². The topological polar surface area (TPSA) is 155 Å². The van der Waals surface area contributed by atoms with Crippen LogP contribution in [-0.4, -0.2) is 55.9 Å².